The maximum absolute atomic E-state index is 14.1. The van der Waals surface area contributed by atoms with Gasteiger partial charge in [-0.05, 0) is 30.3 Å². The first kappa shape index (κ1) is 22.5. The lowest BCUT2D eigenvalue weighted by Gasteiger charge is -2.18. The topological polar surface area (TPSA) is 90.0 Å². The van der Waals surface area contributed by atoms with Gasteiger partial charge in [0.25, 0.3) is 0 Å². The Labute approximate surface area is 169 Å². The molecule has 0 amide bonds. The SMILES string of the molecule is CCN(CC)S(=O)(=O)c1ccc(F)c(C(=O)OCC(=O)c2ccccc2OC)c1. The van der Waals surface area contributed by atoms with E-state index in [9.17, 15) is 22.4 Å². The lowest BCUT2D eigenvalue weighted by Crippen LogP contribution is -2.30. The molecule has 0 radical (unpaired) electrons. The fraction of sp³-hybridized carbons (Fsp3) is 0.300. The molecule has 0 bridgehead atoms. The van der Waals surface area contributed by atoms with Crippen LogP contribution < -0.4 is 4.74 Å². The van der Waals surface area contributed by atoms with Gasteiger partial charge in [-0.25, -0.2) is 17.6 Å². The zero-order valence-corrected chi connectivity index (χ0v) is 17.2. The number of methoxy groups -OCH3 is 1. The fourth-order valence-electron chi connectivity index (χ4n) is 2.70. The highest BCUT2D eigenvalue weighted by atomic mass is 32.2. The number of ether oxygens (including phenoxy) is 2. The number of nitrogens with zero attached hydrogens (tertiary/aromatic N) is 1. The summed E-state index contributed by atoms with van der Waals surface area (Å²) in [5.41, 5.74) is -0.354. The Hall–Kier alpha value is -2.78. The zero-order valence-electron chi connectivity index (χ0n) is 16.3. The molecular formula is C20H22FNO6S. The molecule has 29 heavy (non-hydrogen) atoms. The van der Waals surface area contributed by atoms with Crippen molar-refractivity contribution < 1.29 is 31.9 Å². The summed E-state index contributed by atoms with van der Waals surface area (Å²) in [4.78, 5) is 24.3. The molecule has 0 fully saturated rings. The highest BCUT2D eigenvalue weighted by molar-refractivity contribution is 7.89. The average molecular weight is 423 g/mol. The molecule has 0 saturated carbocycles. The normalized spacial score (nSPS) is 11.3. The second-order valence-electron chi connectivity index (χ2n) is 5.93. The van der Waals surface area contributed by atoms with Crippen molar-refractivity contribution in [3.05, 3.63) is 59.4 Å². The van der Waals surface area contributed by atoms with Crippen molar-refractivity contribution in [2.24, 2.45) is 0 Å². The van der Waals surface area contributed by atoms with E-state index in [1.807, 2.05) is 0 Å². The summed E-state index contributed by atoms with van der Waals surface area (Å²) >= 11 is 0. The molecule has 0 heterocycles. The Balaban J connectivity index is 2.22. The highest BCUT2D eigenvalue weighted by Gasteiger charge is 2.25. The number of rotatable bonds is 9. The Morgan fingerprint density at radius 1 is 1.03 bits per heavy atom. The summed E-state index contributed by atoms with van der Waals surface area (Å²) in [6, 6.07) is 9.27. The predicted octanol–water partition coefficient (Wildman–Crippen LogP) is 2.90. The average Bonchev–Trinajstić information content (AvgIpc) is 2.72. The summed E-state index contributed by atoms with van der Waals surface area (Å²) in [5.74, 6) is -2.31. The van der Waals surface area contributed by atoms with Crippen LogP contribution in [0.5, 0.6) is 5.75 Å². The number of esters is 1. The van der Waals surface area contributed by atoms with Gasteiger partial charge in [0, 0.05) is 13.1 Å². The number of hydrogen-bond donors (Lipinski definition) is 0. The first-order valence-corrected chi connectivity index (χ1v) is 10.3. The van der Waals surface area contributed by atoms with Crippen LogP contribution in [0.25, 0.3) is 0 Å². The van der Waals surface area contributed by atoms with E-state index in [0.29, 0.717) is 5.75 Å². The number of carbonyl (C=O) groups excluding carboxylic acids is 2. The monoisotopic (exact) mass is 423 g/mol. The number of benzene rings is 2. The zero-order chi connectivity index (χ0) is 21.6. The van der Waals surface area contributed by atoms with Crippen molar-refractivity contribution in [1.82, 2.24) is 4.31 Å². The van der Waals surface area contributed by atoms with E-state index in [1.54, 1.807) is 32.0 Å². The molecule has 7 nitrogen and oxygen atoms in total. The van der Waals surface area contributed by atoms with Crippen LogP contribution in [0.2, 0.25) is 0 Å². The third kappa shape index (κ3) is 4.99. The van der Waals surface area contributed by atoms with Crippen molar-refractivity contribution in [2.75, 3.05) is 26.8 Å². The van der Waals surface area contributed by atoms with Gasteiger partial charge in [0.2, 0.25) is 15.8 Å². The van der Waals surface area contributed by atoms with Crippen LogP contribution in [0.4, 0.5) is 4.39 Å². The van der Waals surface area contributed by atoms with Crippen LogP contribution in [-0.2, 0) is 14.8 Å². The molecule has 0 aliphatic heterocycles. The van der Waals surface area contributed by atoms with E-state index in [1.165, 1.54) is 17.5 Å². The van der Waals surface area contributed by atoms with Crippen molar-refractivity contribution in [3.63, 3.8) is 0 Å². The van der Waals surface area contributed by atoms with Crippen LogP contribution in [0.15, 0.2) is 47.4 Å². The Morgan fingerprint density at radius 2 is 1.69 bits per heavy atom. The lowest BCUT2D eigenvalue weighted by molar-refractivity contribution is 0.0469. The molecule has 0 N–H and O–H groups in total. The number of ketones is 1. The molecule has 0 atom stereocenters. The van der Waals surface area contributed by atoms with E-state index >= 15 is 0 Å². The van der Waals surface area contributed by atoms with Gasteiger partial charge in [-0.2, -0.15) is 4.31 Å². The molecule has 0 spiro atoms. The van der Waals surface area contributed by atoms with Gasteiger partial charge in [-0.3, -0.25) is 4.79 Å². The number of Topliss-reactive ketones (excluding diaryl/α,β-unsaturated/α-hetero) is 1. The minimum atomic E-state index is -3.88. The van der Waals surface area contributed by atoms with Gasteiger partial charge < -0.3 is 9.47 Å². The quantitative estimate of drug-likeness (QED) is 0.455. The van der Waals surface area contributed by atoms with E-state index in [2.05, 4.69) is 0 Å². The highest BCUT2D eigenvalue weighted by Crippen LogP contribution is 2.21. The molecule has 0 aromatic heterocycles. The van der Waals surface area contributed by atoms with Crippen LogP contribution in [-0.4, -0.2) is 51.3 Å². The largest absolute Gasteiger partial charge is 0.496 e. The Kier molecular flexibility index (Phi) is 7.46. The van der Waals surface area contributed by atoms with E-state index in [4.69, 9.17) is 9.47 Å². The summed E-state index contributed by atoms with van der Waals surface area (Å²) in [6.45, 7) is 3.14. The second kappa shape index (κ2) is 9.62. The van der Waals surface area contributed by atoms with Crippen molar-refractivity contribution in [3.8, 4) is 5.75 Å². The molecule has 156 valence electrons. The molecule has 0 saturated heterocycles. The van der Waals surface area contributed by atoms with Crippen LogP contribution >= 0.6 is 0 Å². The van der Waals surface area contributed by atoms with Gasteiger partial charge >= 0.3 is 5.97 Å². The Morgan fingerprint density at radius 3 is 2.31 bits per heavy atom. The Bertz CT molecular complexity index is 1000. The molecule has 9 heteroatoms. The number of sulfonamides is 1. The molecule has 0 aliphatic rings. The molecular weight excluding hydrogens is 401 g/mol. The van der Waals surface area contributed by atoms with Crippen LogP contribution in [0.3, 0.4) is 0 Å². The molecule has 0 unspecified atom stereocenters. The van der Waals surface area contributed by atoms with E-state index in [0.717, 1.165) is 18.2 Å². The summed E-state index contributed by atoms with van der Waals surface area (Å²) < 4.78 is 50.5. The fourth-order valence-corrected chi connectivity index (χ4v) is 4.18. The molecule has 0 aliphatic carbocycles. The first-order chi connectivity index (χ1) is 13.8. The van der Waals surface area contributed by atoms with Gasteiger partial charge in [0.1, 0.15) is 11.6 Å². The standard InChI is InChI=1S/C20H22FNO6S/c1-4-22(5-2)29(25,26)14-10-11-17(21)16(12-14)20(24)28-13-18(23)15-8-6-7-9-19(15)27-3/h6-12H,4-5,13H2,1-3H3. The van der Waals surface area contributed by atoms with Crippen LogP contribution in [0.1, 0.15) is 34.6 Å². The van der Waals surface area contributed by atoms with Crippen molar-refractivity contribution in [1.29, 1.82) is 0 Å². The number of halogens is 1. The minimum Gasteiger partial charge on any atom is -0.496 e. The first-order valence-electron chi connectivity index (χ1n) is 8.89. The summed E-state index contributed by atoms with van der Waals surface area (Å²) in [7, 11) is -2.48. The maximum Gasteiger partial charge on any atom is 0.341 e. The maximum atomic E-state index is 14.1. The van der Waals surface area contributed by atoms with Gasteiger partial charge in [0.15, 0.2) is 6.61 Å². The van der Waals surface area contributed by atoms with Crippen molar-refractivity contribution >= 4 is 21.8 Å². The number of carbonyl (C=O) groups is 2. The smallest absolute Gasteiger partial charge is 0.341 e. The molecule has 2 aromatic carbocycles. The summed E-state index contributed by atoms with van der Waals surface area (Å²) in [6.07, 6.45) is 0. The van der Waals surface area contributed by atoms with Crippen molar-refractivity contribution in [2.45, 2.75) is 18.7 Å². The molecule has 2 rings (SSSR count). The van der Waals surface area contributed by atoms with Crippen LogP contribution in [0, 0.1) is 5.82 Å². The van der Waals surface area contributed by atoms with E-state index in [-0.39, 0.29) is 23.5 Å². The van der Waals surface area contributed by atoms with E-state index < -0.39 is 39.8 Å². The van der Waals surface area contributed by atoms with Gasteiger partial charge in [-0.15, -0.1) is 0 Å². The number of hydrogen-bond acceptors (Lipinski definition) is 6. The predicted molar refractivity (Wildman–Crippen MR) is 104 cm³/mol. The van der Waals surface area contributed by atoms with Gasteiger partial charge in [-0.1, -0.05) is 26.0 Å². The minimum absolute atomic E-state index is 0.209. The third-order valence-electron chi connectivity index (χ3n) is 4.24. The molecule has 2 aromatic rings. The second-order valence-corrected chi connectivity index (χ2v) is 7.87. The lowest BCUT2D eigenvalue weighted by atomic mass is 10.1. The third-order valence-corrected chi connectivity index (χ3v) is 6.29. The summed E-state index contributed by atoms with van der Waals surface area (Å²) in [5, 5.41) is 0. The van der Waals surface area contributed by atoms with Gasteiger partial charge in [0.05, 0.1) is 23.1 Å². The number of para-hydroxylation sites is 1.